The molecule has 2 nitrogen and oxygen atoms in total. The van der Waals surface area contributed by atoms with Gasteiger partial charge in [0.2, 0.25) is 0 Å². The van der Waals surface area contributed by atoms with Crippen molar-refractivity contribution >= 4 is 5.69 Å². The first-order chi connectivity index (χ1) is 10.5. The first-order valence-corrected chi connectivity index (χ1v) is 8.69. The molecular weight excluding hydrogens is 270 g/mol. The molecule has 1 aromatic rings. The molecule has 0 spiro atoms. The molecule has 0 atom stereocenters. The summed E-state index contributed by atoms with van der Waals surface area (Å²) in [6.45, 7) is 11.8. The molecule has 1 aromatic carbocycles. The molecule has 1 aliphatic rings. The standard InChI is InChI=1S/C20H31NO/c1-6-7-8-9-10-11-14-22-17-12-13-19-18(15-17)20(3,4)16(2)21(19)5/h12-13,15H,2,6-11,14H2,1,3-5H3. The van der Waals surface area contributed by atoms with Crippen molar-refractivity contribution in [2.24, 2.45) is 0 Å². The van der Waals surface area contributed by atoms with Crippen LogP contribution in [0.2, 0.25) is 0 Å². The van der Waals surface area contributed by atoms with E-state index in [2.05, 4.69) is 57.5 Å². The van der Waals surface area contributed by atoms with Crippen LogP contribution < -0.4 is 9.64 Å². The van der Waals surface area contributed by atoms with Crippen LogP contribution in [0.5, 0.6) is 5.75 Å². The molecule has 0 unspecified atom stereocenters. The zero-order valence-electron chi connectivity index (χ0n) is 14.7. The molecule has 22 heavy (non-hydrogen) atoms. The monoisotopic (exact) mass is 301 g/mol. The van der Waals surface area contributed by atoms with Crippen LogP contribution in [0.1, 0.15) is 64.9 Å². The normalized spacial score (nSPS) is 16.0. The molecule has 0 bridgehead atoms. The highest BCUT2D eigenvalue weighted by Gasteiger charge is 2.37. The van der Waals surface area contributed by atoms with Crippen molar-refractivity contribution in [3.8, 4) is 5.75 Å². The lowest BCUT2D eigenvalue weighted by molar-refractivity contribution is 0.304. The second-order valence-electron chi connectivity index (χ2n) is 6.93. The minimum Gasteiger partial charge on any atom is -0.494 e. The number of fused-ring (bicyclic) bond motifs is 1. The molecule has 1 heterocycles. The van der Waals surface area contributed by atoms with Crippen LogP contribution in [0.3, 0.4) is 0 Å². The molecule has 122 valence electrons. The van der Waals surface area contributed by atoms with Gasteiger partial charge in [0.25, 0.3) is 0 Å². The van der Waals surface area contributed by atoms with Crippen molar-refractivity contribution in [2.45, 2.75) is 64.7 Å². The van der Waals surface area contributed by atoms with E-state index in [0.717, 1.165) is 24.5 Å². The smallest absolute Gasteiger partial charge is 0.119 e. The predicted octanol–water partition coefficient (Wildman–Crippen LogP) is 5.67. The highest BCUT2D eigenvalue weighted by molar-refractivity contribution is 5.70. The number of ether oxygens (including phenoxy) is 1. The van der Waals surface area contributed by atoms with Crippen LogP contribution in [0.25, 0.3) is 0 Å². The second kappa shape index (κ2) is 7.21. The van der Waals surface area contributed by atoms with E-state index in [1.165, 1.54) is 43.4 Å². The van der Waals surface area contributed by atoms with E-state index < -0.39 is 0 Å². The number of allylic oxidation sites excluding steroid dienone is 1. The molecule has 1 aliphatic heterocycles. The largest absolute Gasteiger partial charge is 0.494 e. The maximum absolute atomic E-state index is 5.95. The average Bonchev–Trinajstić information content (AvgIpc) is 2.68. The molecule has 0 N–H and O–H groups in total. The molecule has 0 aromatic heterocycles. The van der Waals surface area contributed by atoms with Gasteiger partial charge in [-0.2, -0.15) is 0 Å². The van der Waals surface area contributed by atoms with E-state index in [1.54, 1.807) is 0 Å². The van der Waals surface area contributed by atoms with Crippen molar-refractivity contribution in [3.05, 3.63) is 36.0 Å². The topological polar surface area (TPSA) is 12.5 Å². The van der Waals surface area contributed by atoms with Gasteiger partial charge in [0.05, 0.1) is 6.61 Å². The molecule has 0 saturated carbocycles. The lowest BCUT2D eigenvalue weighted by Gasteiger charge is -2.22. The summed E-state index contributed by atoms with van der Waals surface area (Å²) in [6, 6.07) is 6.44. The molecule has 0 radical (unpaired) electrons. The van der Waals surface area contributed by atoms with E-state index in [9.17, 15) is 0 Å². The van der Waals surface area contributed by atoms with Gasteiger partial charge in [-0.1, -0.05) is 59.5 Å². The minimum absolute atomic E-state index is 0.0103. The number of anilines is 1. The van der Waals surface area contributed by atoms with Gasteiger partial charge in [0.15, 0.2) is 0 Å². The number of nitrogens with zero attached hydrogens (tertiary/aromatic N) is 1. The maximum atomic E-state index is 5.95. The lowest BCUT2D eigenvalue weighted by Crippen LogP contribution is -2.21. The van der Waals surface area contributed by atoms with Gasteiger partial charge in [-0.15, -0.1) is 0 Å². The molecule has 0 amide bonds. The van der Waals surface area contributed by atoms with E-state index in [4.69, 9.17) is 4.74 Å². The summed E-state index contributed by atoms with van der Waals surface area (Å²) in [6.07, 6.45) is 7.78. The molecule has 0 saturated heterocycles. The van der Waals surface area contributed by atoms with Crippen LogP contribution in [0.15, 0.2) is 30.5 Å². The number of benzene rings is 1. The Kier molecular flexibility index (Phi) is 5.55. The molecule has 0 fully saturated rings. The van der Waals surface area contributed by atoms with Crippen LogP contribution >= 0.6 is 0 Å². The fourth-order valence-corrected chi connectivity index (χ4v) is 3.19. The Balaban J connectivity index is 1.88. The summed E-state index contributed by atoms with van der Waals surface area (Å²) in [7, 11) is 2.09. The van der Waals surface area contributed by atoms with Crippen LogP contribution in [0.4, 0.5) is 5.69 Å². The number of hydrogen-bond acceptors (Lipinski definition) is 2. The fraction of sp³-hybridized carbons (Fsp3) is 0.600. The SMILES string of the molecule is C=C1N(C)c2ccc(OCCCCCCCC)cc2C1(C)C. The third-order valence-corrected chi connectivity index (χ3v) is 4.90. The van der Waals surface area contributed by atoms with Crippen molar-refractivity contribution < 1.29 is 4.74 Å². The van der Waals surface area contributed by atoms with Gasteiger partial charge in [0.1, 0.15) is 5.75 Å². The third kappa shape index (κ3) is 3.48. The number of unbranched alkanes of at least 4 members (excludes halogenated alkanes) is 5. The Labute approximate surface area is 136 Å². The van der Waals surface area contributed by atoms with Crippen LogP contribution in [-0.4, -0.2) is 13.7 Å². The first kappa shape index (κ1) is 16.9. The summed E-state index contributed by atoms with van der Waals surface area (Å²) in [4.78, 5) is 2.19. The maximum Gasteiger partial charge on any atom is 0.119 e. The number of rotatable bonds is 8. The minimum atomic E-state index is -0.0103. The molecular formula is C20H31NO. The summed E-state index contributed by atoms with van der Waals surface area (Å²) < 4.78 is 5.95. The van der Waals surface area contributed by atoms with Gasteiger partial charge in [-0.3, -0.25) is 0 Å². The summed E-state index contributed by atoms with van der Waals surface area (Å²) >= 11 is 0. The highest BCUT2D eigenvalue weighted by atomic mass is 16.5. The van der Waals surface area contributed by atoms with Gasteiger partial charge < -0.3 is 9.64 Å². The van der Waals surface area contributed by atoms with E-state index in [1.807, 2.05) is 0 Å². The number of hydrogen-bond donors (Lipinski definition) is 0. The number of likely N-dealkylation sites (N-methyl/N-ethyl adjacent to an activating group) is 1. The lowest BCUT2D eigenvalue weighted by atomic mass is 9.84. The van der Waals surface area contributed by atoms with Crippen molar-refractivity contribution in [1.29, 1.82) is 0 Å². The van der Waals surface area contributed by atoms with Crippen molar-refractivity contribution in [3.63, 3.8) is 0 Å². The third-order valence-electron chi connectivity index (χ3n) is 4.90. The summed E-state index contributed by atoms with van der Waals surface area (Å²) in [5, 5.41) is 0. The van der Waals surface area contributed by atoms with E-state index >= 15 is 0 Å². The molecule has 2 rings (SSSR count). The van der Waals surface area contributed by atoms with Gasteiger partial charge in [-0.25, -0.2) is 0 Å². The van der Waals surface area contributed by atoms with Crippen molar-refractivity contribution in [2.75, 3.05) is 18.6 Å². The van der Waals surface area contributed by atoms with Crippen LogP contribution in [0, 0.1) is 0 Å². The molecule has 2 heteroatoms. The summed E-state index contributed by atoms with van der Waals surface area (Å²) in [5.74, 6) is 0.989. The second-order valence-corrected chi connectivity index (χ2v) is 6.93. The Morgan fingerprint density at radius 3 is 2.50 bits per heavy atom. The van der Waals surface area contributed by atoms with E-state index in [0.29, 0.717) is 0 Å². The Bertz CT molecular complexity index is 518. The fourth-order valence-electron chi connectivity index (χ4n) is 3.19. The highest BCUT2D eigenvalue weighted by Crippen LogP contribution is 2.47. The van der Waals surface area contributed by atoms with E-state index in [-0.39, 0.29) is 5.41 Å². The first-order valence-electron chi connectivity index (χ1n) is 8.69. The molecule has 0 aliphatic carbocycles. The zero-order valence-corrected chi connectivity index (χ0v) is 14.7. The van der Waals surface area contributed by atoms with Crippen LogP contribution in [-0.2, 0) is 5.41 Å². The Morgan fingerprint density at radius 1 is 1.09 bits per heavy atom. The van der Waals surface area contributed by atoms with Gasteiger partial charge in [-0.05, 0) is 30.2 Å². The Hall–Kier alpha value is -1.44. The van der Waals surface area contributed by atoms with Gasteiger partial charge >= 0.3 is 0 Å². The average molecular weight is 301 g/mol. The van der Waals surface area contributed by atoms with Gasteiger partial charge in [0, 0.05) is 23.8 Å². The Morgan fingerprint density at radius 2 is 1.77 bits per heavy atom. The predicted molar refractivity (Wildman–Crippen MR) is 95.9 cm³/mol. The summed E-state index contributed by atoms with van der Waals surface area (Å²) in [5.41, 5.74) is 3.71. The zero-order chi connectivity index (χ0) is 16.2. The quantitative estimate of drug-likeness (QED) is 0.574. The van der Waals surface area contributed by atoms with Crippen molar-refractivity contribution in [1.82, 2.24) is 0 Å².